The second-order valence-electron chi connectivity index (χ2n) is 5.48. The van der Waals surface area contributed by atoms with E-state index in [0.717, 1.165) is 38.2 Å². The molecule has 2 rings (SSSR count). The summed E-state index contributed by atoms with van der Waals surface area (Å²) in [5.74, 6) is 1.75. The largest absolute Gasteiger partial charge is 0.385 e. The molecule has 1 aromatic heterocycles. The fourth-order valence-electron chi connectivity index (χ4n) is 2.92. The minimum absolute atomic E-state index is 0.143. The van der Waals surface area contributed by atoms with Crippen molar-refractivity contribution in [2.45, 2.75) is 66.5 Å². The number of carbonyl (C=O) groups is 1. The molecular formula is C17H31N3O2. The third kappa shape index (κ3) is 4.09. The van der Waals surface area contributed by atoms with E-state index in [2.05, 4.69) is 11.5 Å². The van der Waals surface area contributed by atoms with Crippen LogP contribution >= 0.6 is 0 Å². The number of nitrogens with zero attached hydrogens (tertiary/aromatic N) is 3. The van der Waals surface area contributed by atoms with Crippen LogP contribution in [0.3, 0.4) is 0 Å². The molecule has 0 spiro atoms. The Bertz CT molecular complexity index is 482. The Morgan fingerprint density at radius 3 is 2.59 bits per heavy atom. The number of aryl methyl sites for hydroxylation is 1. The van der Waals surface area contributed by atoms with E-state index in [4.69, 9.17) is 9.72 Å². The van der Waals surface area contributed by atoms with E-state index in [0.29, 0.717) is 12.5 Å². The molecule has 1 aromatic rings. The number of hydrogen-bond acceptors (Lipinski definition) is 3. The van der Waals surface area contributed by atoms with Gasteiger partial charge < -0.3 is 14.2 Å². The first-order valence-electron chi connectivity index (χ1n) is 8.38. The van der Waals surface area contributed by atoms with Gasteiger partial charge in [-0.3, -0.25) is 4.79 Å². The van der Waals surface area contributed by atoms with Crippen LogP contribution < -0.4 is 0 Å². The maximum absolute atomic E-state index is 11.5. The average molecular weight is 309 g/mol. The predicted octanol–water partition coefficient (Wildman–Crippen LogP) is 3.11. The Labute approximate surface area is 134 Å². The summed E-state index contributed by atoms with van der Waals surface area (Å²) >= 11 is 0. The molecular weight excluding hydrogens is 278 g/mol. The highest BCUT2D eigenvalue weighted by Gasteiger charge is 2.26. The normalized spacial score (nSPS) is 14.9. The van der Waals surface area contributed by atoms with Crippen LogP contribution in [0, 0.1) is 6.92 Å². The van der Waals surface area contributed by atoms with Gasteiger partial charge >= 0.3 is 0 Å². The van der Waals surface area contributed by atoms with E-state index < -0.39 is 0 Å². The number of hydrogen-bond donors (Lipinski definition) is 0. The van der Waals surface area contributed by atoms with Crippen LogP contribution in [0.15, 0.2) is 0 Å². The quantitative estimate of drug-likeness (QED) is 0.839. The predicted molar refractivity (Wildman–Crippen MR) is 88.9 cm³/mol. The topological polar surface area (TPSA) is 47.4 Å². The van der Waals surface area contributed by atoms with Gasteiger partial charge in [-0.15, -0.1) is 0 Å². The zero-order chi connectivity index (χ0) is 16.7. The van der Waals surface area contributed by atoms with Gasteiger partial charge in [-0.05, 0) is 19.8 Å². The Balaban J connectivity index is 0.00000116. The van der Waals surface area contributed by atoms with E-state index in [1.807, 2.05) is 25.7 Å². The van der Waals surface area contributed by atoms with E-state index in [1.54, 1.807) is 14.0 Å². The monoisotopic (exact) mass is 309 g/mol. The van der Waals surface area contributed by atoms with Gasteiger partial charge in [-0.1, -0.05) is 20.8 Å². The van der Waals surface area contributed by atoms with Crippen LogP contribution in [-0.2, 0) is 22.6 Å². The molecule has 0 N–H and O–H groups in total. The standard InChI is InChI=1S/C15H25N3O2.C2H6/c1-5-13(6-9-20-4)15-16-11(2)14-10-17(12(3)19)7-8-18(14)15;1-2/h13H,5-10H2,1-4H3;1-2H3. The van der Waals surface area contributed by atoms with Crippen molar-refractivity contribution in [2.75, 3.05) is 20.3 Å². The first-order valence-corrected chi connectivity index (χ1v) is 8.38. The summed E-state index contributed by atoms with van der Waals surface area (Å²) in [6.07, 6.45) is 2.06. The van der Waals surface area contributed by atoms with E-state index in [1.165, 1.54) is 11.5 Å². The fraction of sp³-hybridized carbons (Fsp3) is 0.765. The number of ether oxygens (including phenoxy) is 1. The lowest BCUT2D eigenvalue weighted by Crippen LogP contribution is -2.37. The van der Waals surface area contributed by atoms with Gasteiger partial charge in [0.15, 0.2) is 0 Å². The molecule has 126 valence electrons. The van der Waals surface area contributed by atoms with Crippen LogP contribution in [0.4, 0.5) is 0 Å². The molecule has 0 aliphatic carbocycles. The molecule has 1 atom stereocenters. The van der Waals surface area contributed by atoms with Crippen molar-refractivity contribution >= 4 is 5.91 Å². The molecule has 2 heterocycles. The molecule has 0 fully saturated rings. The van der Waals surface area contributed by atoms with Crippen molar-refractivity contribution in [3.8, 4) is 0 Å². The van der Waals surface area contributed by atoms with Crippen LogP contribution in [0.5, 0.6) is 0 Å². The Morgan fingerprint density at radius 2 is 2.05 bits per heavy atom. The van der Waals surface area contributed by atoms with E-state index in [9.17, 15) is 4.79 Å². The van der Waals surface area contributed by atoms with Gasteiger partial charge in [-0.2, -0.15) is 0 Å². The first kappa shape index (κ1) is 18.7. The van der Waals surface area contributed by atoms with Crippen molar-refractivity contribution in [1.82, 2.24) is 14.5 Å². The Morgan fingerprint density at radius 1 is 1.36 bits per heavy atom. The van der Waals surface area contributed by atoms with Crippen molar-refractivity contribution in [1.29, 1.82) is 0 Å². The van der Waals surface area contributed by atoms with Crippen molar-refractivity contribution < 1.29 is 9.53 Å². The number of methoxy groups -OCH3 is 1. The molecule has 5 heteroatoms. The van der Waals surface area contributed by atoms with Crippen molar-refractivity contribution in [2.24, 2.45) is 0 Å². The number of amides is 1. The lowest BCUT2D eigenvalue weighted by molar-refractivity contribution is -0.130. The highest BCUT2D eigenvalue weighted by atomic mass is 16.5. The number of rotatable bonds is 5. The Kier molecular flexibility index (Phi) is 7.59. The van der Waals surface area contributed by atoms with Crippen LogP contribution in [0.1, 0.15) is 63.7 Å². The SMILES string of the molecule is CC.CCC(CCOC)c1nc(C)c2n1CCN(C(C)=O)C2. The molecule has 1 unspecified atom stereocenters. The molecule has 22 heavy (non-hydrogen) atoms. The molecule has 0 saturated carbocycles. The maximum atomic E-state index is 11.5. The molecule has 0 aromatic carbocycles. The highest BCUT2D eigenvalue weighted by Crippen LogP contribution is 2.27. The second kappa shape index (κ2) is 8.93. The van der Waals surface area contributed by atoms with E-state index >= 15 is 0 Å². The van der Waals surface area contributed by atoms with Gasteiger partial charge in [0, 0.05) is 39.6 Å². The molecule has 5 nitrogen and oxygen atoms in total. The lowest BCUT2D eigenvalue weighted by Gasteiger charge is -2.29. The zero-order valence-electron chi connectivity index (χ0n) is 15.0. The summed E-state index contributed by atoms with van der Waals surface area (Å²) in [4.78, 5) is 18.2. The number of imidazole rings is 1. The first-order chi connectivity index (χ1) is 10.6. The third-order valence-corrected chi connectivity index (χ3v) is 4.21. The Hall–Kier alpha value is -1.36. The van der Waals surface area contributed by atoms with Gasteiger partial charge in [-0.25, -0.2) is 4.98 Å². The molecule has 1 amide bonds. The highest BCUT2D eigenvalue weighted by molar-refractivity contribution is 5.73. The molecule has 1 aliphatic heterocycles. The van der Waals surface area contributed by atoms with Gasteiger partial charge in [0.1, 0.15) is 5.82 Å². The van der Waals surface area contributed by atoms with E-state index in [-0.39, 0.29) is 5.91 Å². The minimum atomic E-state index is 0.143. The summed E-state index contributed by atoms with van der Waals surface area (Å²) < 4.78 is 7.52. The maximum Gasteiger partial charge on any atom is 0.219 e. The smallest absolute Gasteiger partial charge is 0.219 e. The minimum Gasteiger partial charge on any atom is -0.385 e. The number of aromatic nitrogens is 2. The summed E-state index contributed by atoms with van der Waals surface area (Å²) in [6.45, 7) is 13.0. The zero-order valence-corrected chi connectivity index (χ0v) is 15.0. The van der Waals surface area contributed by atoms with Gasteiger partial charge in [0.2, 0.25) is 5.91 Å². The van der Waals surface area contributed by atoms with Crippen molar-refractivity contribution in [3.05, 3.63) is 17.2 Å². The van der Waals surface area contributed by atoms with Crippen LogP contribution in [0.2, 0.25) is 0 Å². The van der Waals surface area contributed by atoms with Gasteiger partial charge in [0.25, 0.3) is 0 Å². The number of fused-ring (bicyclic) bond motifs is 1. The third-order valence-electron chi connectivity index (χ3n) is 4.21. The average Bonchev–Trinajstić information content (AvgIpc) is 2.87. The molecule has 1 aliphatic rings. The molecule has 0 radical (unpaired) electrons. The van der Waals surface area contributed by atoms with Crippen LogP contribution in [-0.4, -0.2) is 40.6 Å². The summed E-state index contributed by atoms with van der Waals surface area (Å²) in [5, 5.41) is 0. The molecule has 0 bridgehead atoms. The second-order valence-corrected chi connectivity index (χ2v) is 5.48. The van der Waals surface area contributed by atoms with Crippen LogP contribution in [0.25, 0.3) is 0 Å². The summed E-state index contributed by atoms with van der Waals surface area (Å²) in [6, 6.07) is 0. The summed E-state index contributed by atoms with van der Waals surface area (Å²) in [7, 11) is 1.74. The van der Waals surface area contributed by atoms with Gasteiger partial charge in [0.05, 0.1) is 17.9 Å². The lowest BCUT2D eigenvalue weighted by atomic mass is 10.0. The fourth-order valence-corrected chi connectivity index (χ4v) is 2.92. The van der Waals surface area contributed by atoms with Crippen molar-refractivity contribution in [3.63, 3.8) is 0 Å². The summed E-state index contributed by atoms with van der Waals surface area (Å²) in [5.41, 5.74) is 2.25. The molecule has 0 saturated heterocycles. The number of carbonyl (C=O) groups excluding carboxylic acids is 1.